The first-order valence-electron chi connectivity index (χ1n) is 4.50. The van der Waals surface area contributed by atoms with Crippen molar-refractivity contribution in [3.63, 3.8) is 0 Å². The lowest BCUT2D eigenvalue weighted by Crippen LogP contribution is -2.16. The molecular weight excluding hydrogens is 150 g/mol. The van der Waals surface area contributed by atoms with E-state index in [1.807, 2.05) is 20.8 Å². The highest BCUT2D eigenvalue weighted by Crippen LogP contribution is 2.20. The zero-order chi connectivity index (χ0) is 9.72. The van der Waals surface area contributed by atoms with Crippen LogP contribution in [0.4, 0.5) is 0 Å². The van der Waals surface area contributed by atoms with E-state index in [0.29, 0.717) is 0 Å². The molecule has 1 atom stereocenters. The van der Waals surface area contributed by atoms with E-state index in [-0.39, 0.29) is 11.7 Å². The first-order chi connectivity index (χ1) is 5.54. The zero-order valence-electron chi connectivity index (χ0n) is 8.48. The smallest absolute Gasteiger partial charge is 0.136 e. The van der Waals surface area contributed by atoms with E-state index < -0.39 is 0 Å². The SMILES string of the molecule is CC/C(=C(/C)N)C(CC)C(C)=O. The molecular formula is C10H19NO. The van der Waals surface area contributed by atoms with Gasteiger partial charge >= 0.3 is 0 Å². The van der Waals surface area contributed by atoms with E-state index in [9.17, 15) is 4.79 Å². The van der Waals surface area contributed by atoms with Crippen LogP contribution >= 0.6 is 0 Å². The highest BCUT2D eigenvalue weighted by atomic mass is 16.1. The van der Waals surface area contributed by atoms with Crippen LogP contribution in [0.1, 0.15) is 40.5 Å². The fourth-order valence-corrected chi connectivity index (χ4v) is 1.58. The summed E-state index contributed by atoms with van der Waals surface area (Å²) < 4.78 is 0. The molecule has 0 aliphatic rings. The fourth-order valence-electron chi connectivity index (χ4n) is 1.58. The summed E-state index contributed by atoms with van der Waals surface area (Å²) in [6, 6.07) is 0. The molecule has 2 nitrogen and oxygen atoms in total. The maximum atomic E-state index is 11.2. The van der Waals surface area contributed by atoms with Gasteiger partial charge in [-0.2, -0.15) is 0 Å². The summed E-state index contributed by atoms with van der Waals surface area (Å²) in [6.07, 6.45) is 1.73. The maximum Gasteiger partial charge on any atom is 0.136 e. The van der Waals surface area contributed by atoms with Crippen LogP contribution in [0, 0.1) is 5.92 Å². The standard InChI is InChI=1S/C10H19NO/c1-5-9(7(3)11)10(6-2)8(4)12/h10H,5-6,11H2,1-4H3/b9-7+. The Morgan fingerprint density at radius 3 is 1.92 bits per heavy atom. The van der Waals surface area contributed by atoms with Gasteiger partial charge in [0.05, 0.1) is 0 Å². The third-order valence-corrected chi connectivity index (χ3v) is 2.21. The Labute approximate surface area is 74.8 Å². The Morgan fingerprint density at radius 1 is 1.33 bits per heavy atom. The molecule has 12 heavy (non-hydrogen) atoms. The summed E-state index contributed by atoms with van der Waals surface area (Å²) in [7, 11) is 0. The fraction of sp³-hybridized carbons (Fsp3) is 0.700. The van der Waals surface area contributed by atoms with Gasteiger partial charge in [0.15, 0.2) is 0 Å². The Balaban J connectivity index is 4.69. The number of carbonyl (C=O) groups is 1. The molecule has 0 aliphatic heterocycles. The van der Waals surface area contributed by atoms with Crippen LogP contribution in [0.15, 0.2) is 11.3 Å². The highest BCUT2D eigenvalue weighted by Gasteiger charge is 2.16. The second-order valence-electron chi connectivity index (χ2n) is 3.13. The molecule has 2 heteroatoms. The van der Waals surface area contributed by atoms with E-state index in [4.69, 9.17) is 5.73 Å². The highest BCUT2D eigenvalue weighted by molar-refractivity contribution is 5.81. The number of hydrogen-bond donors (Lipinski definition) is 1. The number of ketones is 1. The first kappa shape index (κ1) is 11.2. The average Bonchev–Trinajstić information content (AvgIpc) is 1.98. The van der Waals surface area contributed by atoms with Crippen molar-refractivity contribution in [2.75, 3.05) is 0 Å². The molecule has 0 saturated carbocycles. The van der Waals surface area contributed by atoms with Crippen LogP contribution in [0.2, 0.25) is 0 Å². The molecule has 0 aromatic heterocycles. The Kier molecular flexibility index (Phi) is 4.64. The van der Waals surface area contributed by atoms with Gasteiger partial charge in [0.2, 0.25) is 0 Å². The van der Waals surface area contributed by atoms with Crippen molar-refractivity contribution in [1.29, 1.82) is 0 Å². The van der Waals surface area contributed by atoms with E-state index >= 15 is 0 Å². The Morgan fingerprint density at radius 2 is 1.83 bits per heavy atom. The molecule has 0 bridgehead atoms. The number of allylic oxidation sites excluding steroid dienone is 2. The number of carbonyl (C=O) groups excluding carboxylic acids is 1. The van der Waals surface area contributed by atoms with Gasteiger partial charge in [0, 0.05) is 11.6 Å². The van der Waals surface area contributed by atoms with Crippen molar-refractivity contribution in [2.24, 2.45) is 11.7 Å². The second kappa shape index (κ2) is 4.96. The number of rotatable bonds is 4. The summed E-state index contributed by atoms with van der Waals surface area (Å²) in [5.41, 5.74) is 7.60. The van der Waals surface area contributed by atoms with Crippen LogP contribution < -0.4 is 5.73 Å². The zero-order valence-corrected chi connectivity index (χ0v) is 8.48. The minimum atomic E-state index is 0.0417. The topological polar surface area (TPSA) is 43.1 Å². The Bertz CT molecular complexity index is 190. The summed E-state index contributed by atoms with van der Waals surface area (Å²) in [6.45, 7) is 7.55. The second-order valence-corrected chi connectivity index (χ2v) is 3.13. The van der Waals surface area contributed by atoms with Gasteiger partial charge < -0.3 is 5.73 Å². The predicted molar refractivity (Wildman–Crippen MR) is 51.6 cm³/mol. The van der Waals surface area contributed by atoms with Crippen molar-refractivity contribution in [3.05, 3.63) is 11.3 Å². The molecule has 0 aliphatic carbocycles. The van der Waals surface area contributed by atoms with Gasteiger partial charge in [-0.05, 0) is 32.3 Å². The van der Waals surface area contributed by atoms with Crippen molar-refractivity contribution in [3.8, 4) is 0 Å². The average molecular weight is 169 g/mol. The normalized spacial score (nSPS) is 15.3. The summed E-state index contributed by atoms with van der Waals surface area (Å²) in [5.74, 6) is 0.263. The monoisotopic (exact) mass is 169 g/mol. The summed E-state index contributed by atoms with van der Waals surface area (Å²) >= 11 is 0. The van der Waals surface area contributed by atoms with E-state index in [2.05, 4.69) is 0 Å². The molecule has 2 N–H and O–H groups in total. The molecule has 0 aromatic carbocycles. The van der Waals surface area contributed by atoms with Crippen LogP contribution in [0.5, 0.6) is 0 Å². The third-order valence-electron chi connectivity index (χ3n) is 2.21. The molecule has 0 radical (unpaired) electrons. The van der Waals surface area contributed by atoms with Gasteiger partial charge in [-0.15, -0.1) is 0 Å². The minimum absolute atomic E-state index is 0.0417. The number of Topliss-reactive ketones (excluding diaryl/α,β-unsaturated/α-hetero) is 1. The molecule has 0 spiro atoms. The van der Waals surface area contributed by atoms with Gasteiger partial charge in [0.25, 0.3) is 0 Å². The van der Waals surface area contributed by atoms with Crippen molar-refractivity contribution in [2.45, 2.75) is 40.5 Å². The van der Waals surface area contributed by atoms with Crippen LogP contribution in [-0.2, 0) is 4.79 Å². The number of nitrogens with two attached hydrogens (primary N) is 1. The quantitative estimate of drug-likeness (QED) is 0.701. The molecule has 0 rings (SSSR count). The molecule has 1 unspecified atom stereocenters. The van der Waals surface area contributed by atoms with Crippen LogP contribution in [0.3, 0.4) is 0 Å². The minimum Gasteiger partial charge on any atom is -0.402 e. The number of hydrogen-bond acceptors (Lipinski definition) is 2. The lowest BCUT2D eigenvalue weighted by atomic mass is 9.90. The third kappa shape index (κ3) is 2.68. The van der Waals surface area contributed by atoms with E-state index in [1.54, 1.807) is 6.92 Å². The van der Waals surface area contributed by atoms with Crippen LogP contribution in [-0.4, -0.2) is 5.78 Å². The van der Waals surface area contributed by atoms with Gasteiger partial charge in [0.1, 0.15) is 5.78 Å². The Hall–Kier alpha value is -0.790. The molecule has 0 aromatic rings. The summed E-state index contributed by atoms with van der Waals surface area (Å²) in [4.78, 5) is 11.2. The van der Waals surface area contributed by atoms with Crippen molar-refractivity contribution < 1.29 is 4.79 Å². The van der Waals surface area contributed by atoms with E-state index in [0.717, 1.165) is 24.1 Å². The van der Waals surface area contributed by atoms with Crippen molar-refractivity contribution >= 4 is 5.78 Å². The first-order valence-corrected chi connectivity index (χ1v) is 4.50. The van der Waals surface area contributed by atoms with E-state index in [1.165, 1.54) is 0 Å². The molecule has 70 valence electrons. The van der Waals surface area contributed by atoms with Crippen LogP contribution in [0.25, 0.3) is 0 Å². The maximum absolute atomic E-state index is 11.2. The van der Waals surface area contributed by atoms with Gasteiger partial charge in [-0.3, -0.25) is 4.79 Å². The summed E-state index contributed by atoms with van der Waals surface area (Å²) in [5, 5.41) is 0. The molecule has 0 amide bonds. The molecule has 0 saturated heterocycles. The van der Waals surface area contributed by atoms with Gasteiger partial charge in [-0.25, -0.2) is 0 Å². The molecule has 0 heterocycles. The predicted octanol–water partition coefficient (Wildman–Crippen LogP) is 2.24. The van der Waals surface area contributed by atoms with Gasteiger partial charge in [-0.1, -0.05) is 13.8 Å². The lowest BCUT2D eigenvalue weighted by Gasteiger charge is -2.15. The van der Waals surface area contributed by atoms with Crippen molar-refractivity contribution in [1.82, 2.24) is 0 Å². The largest absolute Gasteiger partial charge is 0.402 e. The lowest BCUT2D eigenvalue weighted by molar-refractivity contribution is -0.119. The molecule has 0 fully saturated rings.